The van der Waals surface area contributed by atoms with E-state index in [-0.39, 0.29) is 11.9 Å². The Kier molecular flexibility index (Phi) is 6.90. The van der Waals surface area contributed by atoms with E-state index in [4.69, 9.17) is 20.3 Å². The molecule has 0 bridgehead atoms. The molecule has 4 aromatic rings. The summed E-state index contributed by atoms with van der Waals surface area (Å²) in [6.45, 7) is 1.65. The number of fused-ring (bicyclic) bond motifs is 1. The van der Waals surface area contributed by atoms with E-state index in [0.29, 0.717) is 42.2 Å². The Labute approximate surface area is 209 Å². The summed E-state index contributed by atoms with van der Waals surface area (Å²) >= 11 is 0. The molecule has 0 radical (unpaired) electrons. The Morgan fingerprint density at radius 2 is 1.89 bits per heavy atom. The summed E-state index contributed by atoms with van der Waals surface area (Å²) in [4.78, 5) is 23.2. The van der Waals surface area contributed by atoms with Crippen molar-refractivity contribution in [3.63, 3.8) is 0 Å². The number of anilines is 1. The molecule has 1 aliphatic heterocycles. The van der Waals surface area contributed by atoms with E-state index in [1.165, 1.54) is 6.33 Å². The monoisotopic (exact) mass is 484 g/mol. The number of likely N-dealkylation sites (tertiary alicyclic amines) is 1. The minimum atomic E-state index is -0.0309. The van der Waals surface area contributed by atoms with Crippen LogP contribution in [0.25, 0.3) is 22.3 Å². The second kappa shape index (κ2) is 10.6. The largest absolute Gasteiger partial charge is 0.457 e. The zero-order valence-corrected chi connectivity index (χ0v) is 20.1. The van der Waals surface area contributed by atoms with Crippen LogP contribution in [0.5, 0.6) is 11.5 Å². The number of nitrogen functional groups attached to an aromatic ring is 1. The molecule has 1 amide bonds. The SMILES string of the molecule is COCC=CC(=O)N1CCCC(n2nc(-c3ccc(Oc4ccccc4)cc3)c3c(N)ncnc32)C1. The molecule has 2 aromatic heterocycles. The minimum Gasteiger partial charge on any atom is -0.457 e. The lowest BCUT2D eigenvalue weighted by atomic mass is 10.1. The number of nitrogens with zero attached hydrogens (tertiary/aromatic N) is 5. The first-order valence-corrected chi connectivity index (χ1v) is 11.9. The molecule has 0 aliphatic carbocycles. The van der Waals surface area contributed by atoms with Crippen LogP contribution < -0.4 is 10.5 Å². The van der Waals surface area contributed by atoms with Gasteiger partial charge >= 0.3 is 0 Å². The average Bonchev–Trinajstić information content (AvgIpc) is 3.31. The molecular formula is C27H28N6O3. The van der Waals surface area contributed by atoms with Crippen molar-refractivity contribution < 1.29 is 14.3 Å². The number of piperidine rings is 1. The van der Waals surface area contributed by atoms with E-state index < -0.39 is 0 Å². The highest BCUT2D eigenvalue weighted by Crippen LogP contribution is 2.34. The number of methoxy groups -OCH3 is 1. The van der Waals surface area contributed by atoms with Crippen molar-refractivity contribution in [2.24, 2.45) is 0 Å². The highest BCUT2D eigenvalue weighted by Gasteiger charge is 2.28. The fourth-order valence-electron chi connectivity index (χ4n) is 4.46. The quantitative estimate of drug-likeness (QED) is 0.391. The first-order valence-electron chi connectivity index (χ1n) is 11.9. The summed E-state index contributed by atoms with van der Waals surface area (Å²) in [6, 6.07) is 17.3. The predicted molar refractivity (Wildman–Crippen MR) is 138 cm³/mol. The first-order chi connectivity index (χ1) is 17.6. The molecular weight excluding hydrogens is 456 g/mol. The van der Waals surface area contributed by atoms with Gasteiger partial charge in [0.05, 0.1) is 18.0 Å². The molecule has 1 fully saturated rings. The molecule has 5 rings (SSSR count). The van der Waals surface area contributed by atoms with E-state index in [0.717, 1.165) is 29.9 Å². The number of carbonyl (C=O) groups is 1. The van der Waals surface area contributed by atoms with Crippen LogP contribution in [0.1, 0.15) is 18.9 Å². The van der Waals surface area contributed by atoms with Crippen LogP contribution in [0.3, 0.4) is 0 Å². The van der Waals surface area contributed by atoms with Gasteiger partial charge in [0.15, 0.2) is 5.65 Å². The molecule has 36 heavy (non-hydrogen) atoms. The summed E-state index contributed by atoms with van der Waals surface area (Å²) in [5.74, 6) is 1.83. The third kappa shape index (κ3) is 4.92. The van der Waals surface area contributed by atoms with Gasteiger partial charge in [0.25, 0.3) is 0 Å². The van der Waals surface area contributed by atoms with Crippen molar-refractivity contribution in [2.45, 2.75) is 18.9 Å². The number of rotatable bonds is 7. The summed E-state index contributed by atoms with van der Waals surface area (Å²) < 4.78 is 12.8. The third-order valence-corrected chi connectivity index (χ3v) is 6.20. The van der Waals surface area contributed by atoms with Gasteiger partial charge in [-0.2, -0.15) is 5.10 Å². The molecule has 184 valence electrons. The lowest BCUT2D eigenvalue weighted by Crippen LogP contribution is -2.40. The van der Waals surface area contributed by atoms with E-state index in [9.17, 15) is 4.79 Å². The van der Waals surface area contributed by atoms with Crippen molar-refractivity contribution in [3.8, 4) is 22.8 Å². The van der Waals surface area contributed by atoms with Crippen LogP contribution in [-0.4, -0.2) is 57.4 Å². The van der Waals surface area contributed by atoms with E-state index in [2.05, 4.69) is 9.97 Å². The number of aromatic nitrogens is 4. The van der Waals surface area contributed by atoms with Crippen LogP contribution >= 0.6 is 0 Å². The highest BCUT2D eigenvalue weighted by molar-refractivity contribution is 5.98. The van der Waals surface area contributed by atoms with Crippen LogP contribution in [0.4, 0.5) is 5.82 Å². The second-order valence-electron chi connectivity index (χ2n) is 8.63. The van der Waals surface area contributed by atoms with Crippen molar-refractivity contribution in [1.82, 2.24) is 24.6 Å². The Morgan fingerprint density at radius 1 is 1.11 bits per heavy atom. The normalized spacial score (nSPS) is 16.0. The van der Waals surface area contributed by atoms with Crippen molar-refractivity contribution in [3.05, 3.63) is 73.1 Å². The van der Waals surface area contributed by atoms with Crippen LogP contribution in [0.15, 0.2) is 73.1 Å². The molecule has 1 atom stereocenters. The van der Waals surface area contributed by atoms with E-state index in [1.54, 1.807) is 19.3 Å². The average molecular weight is 485 g/mol. The maximum absolute atomic E-state index is 12.7. The van der Waals surface area contributed by atoms with Gasteiger partial charge in [-0.3, -0.25) is 4.79 Å². The van der Waals surface area contributed by atoms with Gasteiger partial charge in [-0.25, -0.2) is 14.6 Å². The van der Waals surface area contributed by atoms with Crippen LogP contribution in [0, 0.1) is 0 Å². The Bertz CT molecular complexity index is 1370. The smallest absolute Gasteiger partial charge is 0.246 e. The number of benzene rings is 2. The molecule has 3 heterocycles. The molecule has 9 heteroatoms. The Hall–Kier alpha value is -4.24. The van der Waals surface area contributed by atoms with Crippen LogP contribution in [-0.2, 0) is 9.53 Å². The minimum absolute atomic E-state index is 0.0234. The Morgan fingerprint density at radius 3 is 2.67 bits per heavy atom. The van der Waals surface area contributed by atoms with Gasteiger partial charge < -0.3 is 20.1 Å². The number of nitrogens with two attached hydrogens (primary N) is 1. The van der Waals surface area contributed by atoms with Crippen molar-refractivity contribution in [2.75, 3.05) is 32.5 Å². The number of hydrogen-bond donors (Lipinski definition) is 1. The predicted octanol–water partition coefficient (Wildman–Crippen LogP) is 4.23. The number of para-hydroxylation sites is 1. The molecule has 9 nitrogen and oxygen atoms in total. The molecule has 0 saturated carbocycles. The third-order valence-electron chi connectivity index (χ3n) is 6.20. The van der Waals surface area contributed by atoms with E-state index in [1.807, 2.05) is 64.2 Å². The van der Waals surface area contributed by atoms with Gasteiger partial charge in [0.2, 0.25) is 5.91 Å². The summed E-state index contributed by atoms with van der Waals surface area (Å²) in [7, 11) is 1.60. The zero-order chi connectivity index (χ0) is 24.9. The lowest BCUT2D eigenvalue weighted by Gasteiger charge is -2.32. The Balaban J connectivity index is 1.44. The summed E-state index contributed by atoms with van der Waals surface area (Å²) in [5, 5.41) is 5.65. The van der Waals surface area contributed by atoms with E-state index >= 15 is 0 Å². The lowest BCUT2D eigenvalue weighted by molar-refractivity contribution is -0.127. The van der Waals surface area contributed by atoms with Gasteiger partial charge in [0.1, 0.15) is 29.3 Å². The maximum atomic E-state index is 12.7. The molecule has 2 N–H and O–H groups in total. The number of amides is 1. The van der Waals surface area contributed by atoms with Gasteiger partial charge in [-0.15, -0.1) is 0 Å². The zero-order valence-electron chi connectivity index (χ0n) is 20.1. The summed E-state index contributed by atoms with van der Waals surface area (Å²) in [6.07, 6.45) is 6.51. The molecule has 2 aromatic carbocycles. The first kappa shape index (κ1) is 23.5. The fourth-order valence-corrected chi connectivity index (χ4v) is 4.46. The van der Waals surface area contributed by atoms with Gasteiger partial charge in [-0.1, -0.05) is 24.3 Å². The molecule has 1 saturated heterocycles. The maximum Gasteiger partial charge on any atom is 0.246 e. The number of carbonyl (C=O) groups excluding carboxylic acids is 1. The molecule has 1 aliphatic rings. The van der Waals surface area contributed by atoms with Crippen molar-refractivity contribution in [1.29, 1.82) is 0 Å². The molecule has 0 spiro atoms. The van der Waals surface area contributed by atoms with Crippen molar-refractivity contribution >= 4 is 22.8 Å². The fraction of sp³-hybridized carbons (Fsp3) is 0.259. The van der Waals surface area contributed by atoms with Gasteiger partial charge in [0, 0.05) is 31.8 Å². The molecule has 1 unspecified atom stereocenters. The summed E-state index contributed by atoms with van der Waals surface area (Å²) in [5.41, 5.74) is 8.55. The standard InChI is InChI=1S/C27H28N6O3/c1-35-16-6-10-23(34)32-15-5-7-20(17-32)33-27-24(26(28)29-18-30-27)25(31-33)19-11-13-22(14-12-19)36-21-8-3-2-4-9-21/h2-4,6,8-14,18,20H,5,7,15-17H2,1H3,(H2,28,29,30). The second-order valence-corrected chi connectivity index (χ2v) is 8.63. The van der Waals surface area contributed by atoms with Crippen LogP contribution in [0.2, 0.25) is 0 Å². The number of hydrogen-bond acceptors (Lipinski definition) is 7. The number of ether oxygens (including phenoxy) is 2. The van der Waals surface area contributed by atoms with Gasteiger partial charge in [-0.05, 0) is 49.2 Å². The topological polar surface area (TPSA) is 108 Å². The highest BCUT2D eigenvalue weighted by atomic mass is 16.5.